The van der Waals surface area contributed by atoms with Gasteiger partial charge in [0.1, 0.15) is 0 Å². The first-order valence-corrected chi connectivity index (χ1v) is 5.80. The van der Waals surface area contributed by atoms with Crippen molar-refractivity contribution in [1.29, 1.82) is 0 Å². The smallest absolute Gasteiger partial charge is 0.311 e. The molecule has 0 bridgehead atoms. The van der Waals surface area contributed by atoms with Gasteiger partial charge in [0.15, 0.2) is 0 Å². The molecule has 0 aliphatic carbocycles. The lowest BCUT2D eigenvalue weighted by Gasteiger charge is -2.06. The summed E-state index contributed by atoms with van der Waals surface area (Å²) in [5.41, 5.74) is 3.97. The van der Waals surface area contributed by atoms with Gasteiger partial charge in [-0.2, -0.15) is 0 Å². The Morgan fingerprint density at radius 2 is 1.88 bits per heavy atom. The number of aliphatic imine (C=N–C) groups is 1. The molecule has 0 fully saturated rings. The van der Waals surface area contributed by atoms with Crippen molar-refractivity contribution in [2.75, 3.05) is 6.61 Å². The molecule has 17 heavy (non-hydrogen) atoms. The molecule has 3 heteroatoms. The van der Waals surface area contributed by atoms with Crippen molar-refractivity contribution in [3.63, 3.8) is 0 Å². The van der Waals surface area contributed by atoms with E-state index in [4.69, 9.17) is 4.74 Å². The molecule has 0 aliphatic heterocycles. The van der Waals surface area contributed by atoms with Gasteiger partial charge in [-0.1, -0.05) is 18.2 Å². The zero-order chi connectivity index (χ0) is 12.8. The fraction of sp³-hybridized carbons (Fsp3) is 0.429. The number of hydrogen-bond donors (Lipinski definition) is 0. The summed E-state index contributed by atoms with van der Waals surface area (Å²) in [6.45, 7) is 8.10. The van der Waals surface area contributed by atoms with Crippen LogP contribution >= 0.6 is 0 Å². The summed E-state index contributed by atoms with van der Waals surface area (Å²) in [5, 5.41) is 0. The molecule has 0 heterocycles. The highest BCUT2D eigenvalue weighted by molar-refractivity contribution is 5.99. The maximum absolute atomic E-state index is 11.3. The van der Waals surface area contributed by atoms with E-state index in [0.717, 1.165) is 22.5 Å². The van der Waals surface area contributed by atoms with Gasteiger partial charge < -0.3 is 4.74 Å². The summed E-state index contributed by atoms with van der Waals surface area (Å²) in [5.74, 6) is -0.222. The molecule has 0 atom stereocenters. The number of rotatable bonds is 4. The minimum Gasteiger partial charge on any atom is -0.466 e. The van der Waals surface area contributed by atoms with Gasteiger partial charge in [0.25, 0.3) is 0 Å². The number of hydrogen-bond acceptors (Lipinski definition) is 3. The van der Waals surface area contributed by atoms with Crippen molar-refractivity contribution >= 4 is 17.4 Å². The number of aryl methyl sites for hydroxylation is 2. The molecule has 3 nitrogen and oxygen atoms in total. The summed E-state index contributed by atoms with van der Waals surface area (Å²) in [7, 11) is 0. The predicted molar refractivity (Wildman–Crippen MR) is 69.9 cm³/mol. The van der Waals surface area contributed by atoms with Crippen LogP contribution in [-0.4, -0.2) is 18.3 Å². The lowest BCUT2D eigenvalue weighted by atomic mass is 10.1. The molecule has 1 rings (SSSR count). The second-order valence-corrected chi connectivity index (χ2v) is 4.07. The first kappa shape index (κ1) is 13.4. The Morgan fingerprint density at radius 1 is 1.29 bits per heavy atom. The number of esters is 1. The highest BCUT2D eigenvalue weighted by Crippen LogP contribution is 2.23. The molecule has 0 saturated heterocycles. The Balaban J connectivity index is 2.84. The number of benzene rings is 1. The third kappa shape index (κ3) is 4.02. The molecule has 1 aromatic carbocycles. The van der Waals surface area contributed by atoms with E-state index in [1.807, 2.05) is 39.0 Å². The fourth-order valence-electron chi connectivity index (χ4n) is 1.63. The average molecular weight is 233 g/mol. The van der Waals surface area contributed by atoms with E-state index in [1.165, 1.54) is 0 Å². The standard InChI is InChI=1S/C14H19NO2/c1-5-17-13(16)9-12(4)15-14-10(2)7-6-8-11(14)3/h6-8H,5,9H2,1-4H3. The van der Waals surface area contributed by atoms with Gasteiger partial charge in [0.2, 0.25) is 0 Å². The van der Waals surface area contributed by atoms with E-state index in [0.29, 0.717) is 6.61 Å². The largest absolute Gasteiger partial charge is 0.466 e. The molecule has 0 amide bonds. The average Bonchev–Trinajstić information content (AvgIpc) is 2.24. The second-order valence-electron chi connectivity index (χ2n) is 4.07. The van der Waals surface area contributed by atoms with Crippen LogP contribution in [0.25, 0.3) is 0 Å². The third-order valence-corrected chi connectivity index (χ3v) is 2.45. The van der Waals surface area contributed by atoms with Crippen molar-refractivity contribution in [1.82, 2.24) is 0 Å². The van der Waals surface area contributed by atoms with Crippen LogP contribution in [0.4, 0.5) is 5.69 Å². The van der Waals surface area contributed by atoms with Crippen molar-refractivity contribution in [2.45, 2.75) is 34.1 Å². The molecule has 1 aromatic rings. The van der Waals surface area contributed by atoms with E-state index in [2.05, 4.69) is 4.99 Å². The van der Waals surface area contributed by atoms with Gasteiger partial charge in [-0.3, -0.25) is 9.79 Å². The normalized spacial score (nSPS) is 11.4. The quantitative estimate of drug-likeness (QED) is 0.591. The Morgan fingerprint density at radius 3 is 2.41 bits per heavy atom. The minimum atomic E-state index is -0.222. The molecule has 92 valence electrons. The summed E-state index contributed by atoms with van der Waals surface area (Å²) < 4.78 is 4.89. The van der Waals surface area contributed by atoms with E-state index in [1.54, 1.807) is 6.92 Å². The van der Waals surface area contributed by atoms with Gasteiger partial charge in [-0.05, 0) is 38.8 Å². The first-order valence-electron chi connectivity index (χ1n) is 5.80. The van der Waals surface area contributed by atoms with Gasteiger partial charge >= 0.3 is 5.97 Å². The molecular formula is C14H19NO2. The number of ether oxygens (including phenoxy) is 1. The van der Waals surface area contributed by atoms with E-state index < -0.39 is 0 Å². The van der Waals surface area contributed by atoms with Crippen LogP contribution in [0.1, 0.15) is 31.4 Å². The summed E-state index contributed by atoms with van der Waals surface area (Å²) >= 11 is 0. The highest BCUT2D eigenvalue weighted by Gasteiger charge is 2.06. The van der Waals surface area contributed by atoms with Crippen LogP contribution in [0.3, 0.4) is 0 Å². The zero-order valence-electron chi connectivity index (χ0n) is 10.9. The molecule has 0 spiro atoms. The van der Waals surface area contributed by atoms with Crippen molar-refractivity contribution in [2.24, 2.45) is 4.99 Å². The van der Waals surface area contributed by atoms with E-state index in [-0.39, 0.29) is 12.4 Å². The SMILES string of the molecule is CCOC(=O)CC(C)=Nc1c(C)cccc1C. The number of carbonyl (C=O) groups excluding carboxylic acids is 1. The fourth-order valence-corrected chi connectivity index (χ4v) is 1.63. The molecule has 0 unspecified atom stereocenters. The van der Waals surface area contributed by atoms with Crippen LogP contribution in [-0.2, 0) is 9.53 Å². The van der Waals surface area contributed by atoms with Crippen LogP contribution < -0.4 is 0 Å². The Bertz CT molecular complexity index is 416. The van der Waals surface area contributed by atoms with Crippen molar-refractivity contribution in [3.05, 3.63) is 29.3 Å². The molecule has 0 aromatic heterocycles. The monoisotopic (exact) mass is 233 g/mol. The summed E-state index contributed by atoms with van der Waals surface area (Å²) in [6.07, 6.45) is 0.252. The number of para-hydroxylation sites is 1. The maximum atomic E-state index is 11.3. The molecule has 0 aliphatic rings. The lowest BCUT2D eigenvalue weighted by molar-refractivity contribution is -0.141. The third-order valence-electron chi connectivity index (χ3n) is 2.45. The van der Waals surface area contributed by atoms with E-state index in [9.17, 15) is 4.79 Å². The zero-order valence-corrected chi connectivity index (χ0v) is 10.9. The molecule has 0 saturated carbocycles. The van der Waals surface area contributed by atoms with Crippen molar-refractivity contribution < 1.29 is 9.53 Å². The Hall–Kier alpha value is -1.64. The van der Waals surface area contributed by atoms with Crippen LogP contribution in [0.15, 0.2) is 23.2 Å². The summed E-state index contributed by atoms with van der Waals surface area (Å²) in [4.78, 5) is 15.8. The predicted octanol–water partition coefficient (Wildman–Crippen LogP) is 3.35. The van der Waals surface area contributed by atoms with Crippen LogP contribution in [0.5, 0.6) is 0 Å². The molecule has 0 radical (unpaired) electrons. The minimum absolute atomic E-state index is 0.222. The Kier molecular flexibility index (Phi) is 4.88. The van der Waals surface area contributed by atoms with Gasteiger partial charge in [-0.15, -0.1) is 0 Å². The molecule has 0 N–H and O–H groups in total. The van der Waals surface area contributed by atoms with Crippen molar-refractivity contribution in [3.8, 4) is 0 Å². The van der Waals surface area contributed by atoms with E-state index >= 15 is 0 Å². The lowest BCUT2D eigenvalue weighted by Crippen LogP contribution is -2.08. The maximum Gasteiger partial charge on any atom is 0.311 e. The van der Waals surface area contributed by atoms with Crippen LogP contribution in [0, 0.1) is 13.8 Å². The van der Waals surface area contributed by atoms with Gasteiger partial charge in [0, 0.05) is 5.71 Å². The highest BCUT2D eigenvalue weighted by atomic mass is 16.5. The van der Waals surface area contributed by atoms with Crippen LogP contribution in [0.2, 0.25) is 0 Å². The number of nitrogens with zero attached hydrogens (tertiary/aromatic N) is 1. The molecular weight excluding hydrogens is 214 g/mol. The Labute approximate surface area is 103 Å². The second kappa shape index (κ2) is 6.18. The van der Waals surface area contributed by atoms with Gasteiger partial charge in [-0.25, -0.2) is 0 Å². The topological polar surface area (TPSA) is 38.7 Å². The summed E-state index contributed by atoms with van der Waals surface area (Å²) in [6, 6.07) is 6.04. The number of carbonyl (C=O) groups is 1. The van der Waals surface area contributed by atoms with Gasteiger partial charge in [0.05, 0.1) is 18.7 Å². The first-order chi connectivity index (χ1) is 8.04.